The Morgan fingerprint density at radius 1 is 0.467 bits per heavy atom. The molecule has 5 nitrogen and oxygen atoms in total. The number of aliphatic hydroxyl groups is 3. The zero-order chi connectivity index (χ0) is 33.1. The van der Waals surface area contributed by atoms with Gasteiger partial charge in [0.1, 0.15) is 6.10 Å². The SMILES string of the molecule is CCCCCCCCCCCCCCCCCCCCCC(=O)N[C@@H](CO)[C@H](O)[C@H](O)CCCCCCCCCCCCCC. The van der Waals surface area contributed by atoms with Crippen LogP contribution in [0, 0.1) is 0 Å². The predicted molar refractivity (Wildman–Crippen MR) is 195 cm³/mol. The standard InChI is InChI=1S/C40H81NO4/c1-3-5-7-9-11-13-15-17-18-19-20-21-22-23-25-27-29-31-33-35-39(44)41-37(36-42)40(45)38(43)34-32-30-28-26-24-16-14-12-10-8-6-4-2/h37-38,40,42-43,45H,3-36H2,1-2H3,(H,41,44)/t37-,38+,40-/m0/s1. The van der Waals surface area contributed by atoms with Gasteiger partial charge in [-0.25, -0.2) is 0 Å². The molecule has 0 aliphatic heterocycles. The molecule has 3 atom stereocenters. The molecule has 0 saturated heterocycles. The lowest BCUT2D eigenvalue weighted by Gasteiger charge is -2.26. The lowest BCUT2D eigenvalue weighted by Crippen LogP contribution is -2.50. The molecule has 270 valence electrons. The summed E-state index contributed by atoms with van der Waals surface area (Å²) >= 11 is 0. The number of hydrogen-bond donors (Lipinski definition) is 4. The fourth-order valence-electron chi connectivity index (χ4n) is 6.52. The fraction of sp³-hybridized carbons (Fsp3) is 0.975. The highest BCUT2D eigenvalue weighted by Gasteiger charge is 2.26. The Kier molecular flexibility index (Phi) is 35.7. The van der Waals surface area contributed by atoms with Gasteiger partial charge in [-0.3, -0.25) is 4.79 Å². The smallest absolute Gasteiger partial charge is 0.220 e. The van der Waals surface area contributed by atoms with Gasteiger partial charge in [0.25, 0.3) is 0 Å². The number of rotatable bonds is 37. The summed E-state index contributed by atoms with van der Waals surface area (Å²) in [5.41, 5.74) is 0. The lowest BCUT2D eigenvalue weighted by molar-refractivity contribution is -0.124. The highest BCUT2D eigenvalue weighted by molar-refractivity contribution is 5.76. The largest absolute Gasteiger partial charge is 0.394 e. The summed E-state index contributed by atoms with van der Waals surface area (Å²) in [6.45, 7) is 4.18. The van der Waals surface area contributed by atoms with Gasteiger partial charge in [-0.05, 0) is 12.8 Å². The van der Waals surface area contributed by atoms with Crippen LogP contribution in [0.25, 0.3) is 0 Å². The van der Waals surface area contributed by atoms with Gasteiger partial charge in [0, 0.05) is 6.42 Å². The van der Waals surface area contributed by atoms with Gasteiger partial charge in [0.15, 0.2) is 0 Å². The molecule has 0 radical (unpaired) electrons. The first-order valence-electron chi connectivity index (χ1n) is 20.3. The van der Waals surface area contributed by atoms with Gasteiger partial charge < -0.3 is 20.6 Å². The van der Waals surface area contributed by atoms with Crippen molar-refractivity contribution in [2.24, 2.45) is 0 Å². The van der Waals surface area contributed by atoms with E-state index in [0.717, 1.165) is 38.5 Å². The summed E-state index contributed by atoms with van der Waals surface area (Å²) in [5, 5.41) is 33.4. The molecule has 0 aromatic rings. The summed E-state index contributed by atoms with van der Waals surface area (Å²) in [7, 11) is 0. The third-order valence-corrected chi connectivity index (χ3v) is 9.71. The number of nitrogens with one attached hydrogen (secondary N) is 1. The average molecular weight is 640 g/mol. The Labute approximate surface area is 281 Å². The molecule has 45 heavy (non-hydrogen) atoms. The number of carbonyl (C=O) groups is 1. The fourth-order valence-corrected chi connectivity index (χ4v) is 6.52. The van der Waals surface area contributed by atoms with E-state index < -0.39 is 18.2 Å². The monoisotopic (exact) mass is 640 g/mol. The van der Waals surface area contributed by atoms with E-state index >= 15 is 0 Å². The topological polar surface area (TPSA) is 89.8 Å². The van der Waals surface area contributed by atoms with E-state index in [1.54, 1.807) is 0 Å². The third-order valence-electron chi connectivity index (χ3n) is 9.71. The van der Waals surface area contributed by atoms with Crippen LogP contribution in [0.3, 0.4) is 0 Å². The van der Waals surface area contributed by atoms with Gasteiger partial charge in [-0.2, -0.15) is 0 Å². The van der Waals surface area contributed by atoms with E-state index in [1.807, 2.05) is 0 Å². The van der Waals surface area contributed by atoms with Crippen LogP contribution < -0.4 is 5.32 Å². The molecule has 4 N–H and O–H groups in total. The van der Waals surface area contributed by atoms with Gasteiger partial charge in [-0.1, -0.05) is 206 Å². The number of amides is 1. The molecule has 0 aliphatic carbocycles. The quantitative estimate of drug-likeness (QED) is 0.0509. The normalized spacial score (nSPS) is 13.6. The van der Waals surface area contributed by atoms with Gasteiger partial charge >= 0.3 is 0 Å². The van der Waals surface area contributed by atoms with Crippen molar-refractivity contribution in [2.75, 3.05) is 6.61 Å². The molecule has 0 aromatic heterocycles. The van der Waals surface area contributed by atoms with Crippen LogP contribution in [-0.2, 0) is 4.79 Å². The van der Waals surface area contributed by atoms with Crippen LogP contribution >= 0.6 is 0 Å². The molecule has 1 amide bonds. The number of unbranched alkanes of at least 4 members (excludes halogenated alkanes) is 29. The molecule has 0 aromatic carbocycles. The molecule has 0 rings (SSSR count). The predicted octanol–water partition coefficient (Wildman–Crippen LogP) is 11.1. The third kappa shape index (κ3) is 31.7. The maximum Gasteiger partial charge on any atom is 0.220 e. The number of hydrogen-bond acceptors (Lipinski definition) is 4. The highest BCUT2D eigenvalue weighted by Crippen LogP contribution is 2.16. The van der Waals surface area contributed by atoms with Gasteiger partial charge in [0.2, 0.25) is 5.91 Å². The van der Waals surface area contributed by atoms with Crippen LogP contribution in [0.2, 0.25) is 0 Å². The van der Waals surface area contributed by atoms with E-state index in [1.165, 1.54) is 161 Å². The molecule has 0 unspecified atom stereocenters. The van der Waals surface area contributed by atoms with Crippen LogP contribution in [0.5, 0.6) is 0 Å². The van der Waals surface area contributed by atoms with E-state index in [9.17, 15) is 20.1 Å². The zero-order valence-electron chi connectivity index (χ0n) is 30.5. The van der Waals surface area contributed by atoms with E-state index in [4.69, 9.17) is 0 Å². The summed E-state index contributed by atoms with van der Waals surface area (Å²) in [6, 6.07) is -0.801. The Bertz CT molecular complexity index is 587. The first kappa shape index (κ1) is 44.4. The highest BCUT2D eigenvalue weighted by atomic mass is 16.3. The summed E-state index contributed by atoms with van der Waals surface area (Å²) in [5.74, 6) is -0.141. The molecule has 0 spiro atoms. The van der Waals surface area contributed by atoms with Crippen LogP contribution in [0.1, 0.15) is 226 Å². The number of carbonyl (C=O) groups excluding carboxylic acids is 1. The van der Waals surface area contributed by atoms with Crippen molar-refractivity contribution in [3.8, 4) is 0 Å². The first-order valence-corrected chi connectivity index (χ1v) is 20.3. The van der Waals surface area contributed by atoms with Crippen molar-refractivity contribution >= 4 is 5.91 Å². The average Bonchev–Trinajstić information content (AvgIpc) is 3.04. The molecule has 5 heteroatoms. The molecule has 0 saturated carbocycles. The first-order chi connectivity index (χ1) is 22.1. The zero-order valence-corrected chi connectivity index (χ0v) is 30.5. The Hall–Kier alpha value is -0.650. The summed E-state index contributed by atoms with van der Waals surface area (Å²) in [4.78, 5) is 12.4. The minimum Gasteiger partial charge on any atom is -0.394 e. The molecule has 0 bridgehead atoms. The summed E-state index contributed by atoms with van der Waals surface area (Å²) in [6.07, 6.45) is 39.1. The van der Waals surface area contributed by atoms with Crippen LogP contribution in [0.15, 0.2) is 0 Å². The molecule has 0 fully saturated rings. The van der Waals surface area contributed by atoms with Gasteiger partial charge in [0.05, 0.1) is 18.8 Å². The second-order valence-corrected chi connectivity index (χ2v) is 14.2. The van der Waals surface area contributed by atoms with Crippen LogP contribution in [-0.4, -0.2) is 46.1 Å². The maximum atomic E-state index is 12.4. The maximum absolute atomic E-state index is 12.4. The second-order valence-electron chi connectivity index (χ2n) is 14.2. The summed E-state index contributed by atoms with van der Waals surface area (Å²) < 4.78 is 0. The lowest BCUT2D eigenvalue weighted by atomic mass is 9.99. The van der Waals surface area contributed by atoms with Crippen molar-refractivity contribution in [3.05, 3.63) is 0 Å². The molecule has 0 heterocycles. The molecule has 0 aliphatic rings. The molecular weight excluding hydrogens is 558 g/mol. The van der Waals surface area contributed by atoms with Crippen LogP contribution in [0.4, 0.5) is 0 Å². The molecular formula is C40H81NO4. The second kappa shape index (κ2) is 36.2. The minimum absolute atomic E-state index is 0.141. The van der Waals surface area contributed by atoms with E-state index in [-0.39, 0.29) is 12.5 Å². The van der Waals surface area contributed by atoms with Crippen molar-refractivity contribution < 1.29 is 20.1 Å². The van der Waals surface area contributed by atoms with Crippen molar-refractivity contribution in [2.45, 2.75) is 244 Å². The van der Waals surface area contributed by atoms with Crippen molar-refractivity contribution in [1.29, 1.82) is 0 Å². The number of aliphatic hydroxyl groups excluding tert-OH is 3. The Morgan fingerprint density at radius 3 is 1.07 bits per heavy atom. The Morgan fingerprint density at radius 2 is 0.756 bits per heavy atom. The van der Waals surface area contributed by atoms with Crippen molar-refractivity contribution in [1.82, 2.24) is 5.32 Å². The minimum atomic E-state index is -1.13. The van der Waals surface area contributed by atoms with E-state index in [0.29, 0.717) is 12.8 Å². The van der Waals surface area contributed by atoms with Crippen molar-refractivity contribution in [3.63, 3.8) is 0 Å². The Balaban J connectivity index is 3.59. The van der Waals surface area contributed by atoms with Gasteiger partial charge in [-0.15, -0.1) is 0 Å². The van der Waals surface area contributed by atoms with E-state index in [2.05, 4.69) is 19.2 Å².